The van der Waals surface area contributed by atoms with Crippen molar-refractivity contribution in [2.45, 2.75) is 12.6 Å². The van der Waals surface area contributed by atoms with Crippen LogP contribution in [0, 0.1) is 0 Å². The minimum absolute atomic E-state index is 0.0581. The number of amides is 3. The Bertz CT molecular complexity index is 1050. The molecule has 0 fully saturated rings. The molecule has 0 unspecified atom stereocenters. The van der Waals surface area contributed by atoms with Crippen LogP contribution in [0.25, 0.3) is 0 Å². The van der Waals surface area contributed by atoms with Gasteiger partial charge in [0, 0.05) is 11.6 Å². The number of urea groups is 1. The van der Waals surface area contributed by atoms with Crippen LogP contribution >= 0.6 is 11.6 Å². The summed E-state index contributed by atoms with van der Waals surface area (Å²) in [5.74, 6) is -0.152. The number of rotatable bonds is 6. The first-order valence-electron chi connectivity index (χ1n) is 9.59. The minimum Gasteiger partial charge on any atom is -0.497 e. The van der Waals surface area contributed by atoms with Gasteiger partial charge in [-0.25, -0.2) is 9.59 Å². The predicted molar refractivity (Wildman–Crippen MR) is 112 cm³/mol. The van der Waals surface area contributed by atoms with E-state index in [1.807, 2.05) is 12.1 Å². The number of carbonyl (C=O) groups excluding carboxylic acids is 3. The largest absolute Gasteiger partial charge is 0.497 e. The smallest absolute Gasteiger partial charge is 0.338 e. The standard InChI is InChI=1S/C22H20ClN3O5/c1-30-16-8-2-13(3-9-16)10-24-18(27)11-26-17-12-31-21(28)19(17)20(25-22(26)29)14-4-6-15(23)7-5-14/h2-9,20H,10-12H2,1H3,(H,24,27)(H,25,29)/t20-/m1/s1. The Morgan fingerprint density at radius 2 is 1.90 bits per heavy atom. The highest BCUT2D eigenvalue weighted by Crippen LogP contribution is 2.35. The molecule has 0 saturated carbocycles. The highest BCUT2D eigenvalue weighted by molar-refractivity contribution is 6.30. The summed E-state index contributed by atoms with van der Waals surface area (Å²) in [7, 11) is 1.58. The first-order valence-corrected chi connectivity index (χ1v) is 9.97. The number of cyclic esters (lactones) is 1. The van der Waals surface area contributed by atoms with Gasteiger partial charge in [-0.3, -0.25) is 9.69 Å². The maximum atomic E-state index is 12.8. The highest BCUT2D eigenvalue weighted by Gasteiger charge is 2.42. The Balaban J connectivity index is 1.48. The number of hydrogen-bond donors (Lipinski definition) is 2. The fourth-order valence-electron chi connectivity index (χ4n) is 3.53. The molecule has 8 nitrogen and oxygen atoms in total. The van der Waals surface area contributed by atoms with Crippen molar-refractivity contribution in [3.63, 3.8) is 0 Å². The summed E-state index contributed by atoms with van der Waals surface area (Å²) in [4.78, 5) is 38.9. The van der Waals surface area contributed by atoms with Crippen LogP contribution in [0.5, 0.6) is 5.75 Å². The Labute approximate surface area is 183 Å². The van der Waals surface area contributed by atoms with Crippen LogP contribution in [-0.4, -0.2) is 43.1 Å². The van der Waals surface area contributed by atoms with E-state index in [4.69, 9.17) is 21.1 Å². The van der Waals surface area contributed by atoms with E-state index < -0.39 is 18.0 Å². The van der Waals surface area contributed by atoms with Crippen molar-refractivity contribution in [3.05, 3.63) is 76.0 Å². The van der Waals surface area contributed by atoms with E-state index in [1.54, 1.807) is 43.5 Å². The Hall–Kier alpha value is -3.52. The molecule has 2 aliphatic rings. The molecule has 9 heteroatoms. The zero-order chi connectivity index (χ0) is 22.0. The van der Waals surface area contributed by atoms with Crippen LogP contribution < -0.4 is 15.4 Å². The summed E-state index contributed by atoms with van der Waals surface area (Å²) in [6, 6.07) is 13.0. The molecule has 31 heavy (non-hydrogen) atoms. The van der Waals surface area contributed by atoms with Crippen molar-refractivity contribution in [2.75, 3.05) is 20.3 Å². The number of nitrogens with zero attached hydrogens (tertiary/aromatic N) is 1. The van der Waals surface area contributed by atoms with E-state index in [-0.39, 0.29) is 19.1 Å². The number of halogens is 1. The lowest BCUT2D eigenvalue weighted by Crippen LogP contribution is -2.50. The van der Waals surface area contributed by atoms with Crippen LogP contribution in [0.2, 0.25) is 5.02 Å². The number of nitrogens with one attached hydrogen (secondary N) is 2. The lowest BCUT2D eigenvalue weighted by Gasteiger charge is -2.32. The fraction of sp³-hybridized carbons (Fsp3) is 0.227. The summed E-state index contributed by atoms with van der Waals surface area (Å²) < 4.78 is 10.3. The van der Waals surface area contributed by atoms with Crippen molar-refractivity contribution < 1.29 is 23.9 Å². The number of esters is 1. The number of ether oxygens (including phenoxy) is 2. The lowest BCUT2D eigenvalue weighted by atomic mass is 9.96. The quantitative estimate of drug-likeness (QED) is 0.671. The van der Waals surface area contributed by atoms with Crippen LogP contribution in [-0.2, 0) is 20.9 Å². The summed E-state index contributed by atoms with van der Waals surface area (Å²) in [5.41, 5.74) is 2.31. The van der Waals surface area contributed by atoms with Crippen LogP contribution in [0.4, 0.5) is 4.79 Å². The van der Waals surface area contributed by atoms with E-state index in [0.717, 1.165) is 11.3 Å². The van der Waals surface area contributed by atoms with Crippen LogP contribution in [0.3, 0.4) is 0 Å². The highest BCUT2D eigenvalue weighted by atomic mass is 35.5. The summed E-state index contributed by atoms with van der Waals surface area (Å²) in [6.07, 6.45) is 0. The van der Waals surface area contributed by atoms with Crippen molar-refractivity contribution in [3.8, 4) is 5.75 Å². The molecular formula is C22H20ClN3O5. The van der Waals surface area contributed by atoms with Gasteiger partial charge in [0.2, 0.25) is 5.91 Å². The topological polar surface area (TPSA) is 97.0 Å². The van der Waals surface area contributed by atoms with Crippen molar-refractivity contribution in [2.24, 2.45) is 0 Å². The normalized spacial score (nSPS) is 17.7. The van der Waals surface area contributed by atoms with Gasteiger partial charge in [-0.1, -0.05) is 35.9 Å². The Kier molecular flexibility index (Phi) is 5.81. The van der Waals surface area contributed by atoms with Crippen LogP contribution in [0.15, 0.2) is 59.8 Å². The van der Waals surface area contributed by atoms with Gasteiger partial charge in [0.15, 0.2) is 0 Å². The molecule has 2 aromatic carbocycles. The maximum Gasteiger partial charge on any atom is 0.338 e. The maximum absolute atomic E-state index is 12.8. The molecule has 0 radical (unpaired) electrons. The fourth-order valence-corrected chi connectivity index (χ4v) is 3.65. The second-order valence-electron chi connectivity index (χ2n) is 7.08. The van der Waals surface area contributed by atoms with E-state index in [2.05, 4.69) is 10.6 Å². The van der Waals surface area contributed by atoms with E-state index in [1.165, 1.54) is 4.90 Å². The average Bonchev–Trinajstić information content (AvgIpc) is 3.16. The second kappa shape index (κ2) is 8.69. The number of carbonyl (C=O) groups is 3. The van der Waals surface area contributed by atoms with Gasteiger partial charge in [0.25, 0.3) is 0 Å². The third-order valence-electron chi connectivity index (χ3n) is 5.15. The van der Waals surface area contributed by atoms with Gasteiger partial charge in [-0.05, 0) is 35.4 Å². The van der Waals surface area contributed by atoms with Gasteiger partial charge in [-0.15, -0.1) is 0 Å². The first kappa shape index (κ1) is 20.7. The molecule has 160 valence electrons. The molecule has 0 aromatic heterocycles. The molecule has 1 atom stereocenters. The number of methoxy groups -OCH3 is 1. The summed E-state index contributed by atoms with van der Waals surface area (Å²) in [5, 5.41) is 6.11. The molecule has 0 saturated heterocycles. The van der Waals surface area contributed by atoms with Gasteiger partial charge < -0.3 is 20.1 Å². The molecule has 0 spiro atoms. The van der Waals surface area contributed by atoms with Gasteiger partial charge in [-0.2, -0.15) is 0 Å². The third-order valence-corrected chi connectivity index (χ3v) is 5.40. The van der Waals surface area contributed by atoms with Crippen molar-refractivity contribution in [1.29, 1.82) is 0 Å². The molecule has 4 rings (SSSR count). The second-order valence-corrected chi connectivity index (χ2v) is 7.52. The van der Waals surface area contributed by atoms with Crippen molar-refractivity contribution in [1.82, 2.24) is 15.5 Å². The van der Waals surface area contributed by atoms with Gasteiger partial charge in [0.1, 0.15) is 18.9 Å². The Morgan fingerprint density at radius 1 is 1.19 bits per heavy atom. The molecule has 2 aliphatic heterocycles. The molecule has 2 aromatic rings. The van der Waals surface area contributed by atoms with Gasteiger partial charge >= 0.3 is 12.0 Å². The predicted octanol–water partition coefficient (Wildman–Crippen LogP) is 2.54. The molecule has 3 amide bonds. The molecule has 2 heterocycles. The molecular weight excluding hydrogens is 422 g/mol. The zero-order valence-electron chi connectivity index (χ0n) is 16.7. The Morgan fingerprint density at radius 3 is 2.58 bits per heavy atom. The third kappa shape index (κ3) is 4.34. The zero-order valence-corrected chi connectivity index (χ0v) is 17.4. The monoisotopic (exact) mass is 441 g/mol. The minimum atomic E-state index is -0.659. The first-order chi connectivity index (χ1) is 15.0. The molecule has 2 N–H and O–H groups in total. The lowest BCUT2D eigenvalue weighted by molar-refractivity contribution is -0.136. The number of benzene rings is 2. The molecule has 0 aliphatic carbocycles. The van der Waals surface area contributed by atoms with Crippen molar-refractivity contribution >= 4 is 29.5 Å². The SMILES string of the molecule is COc1ccc(CNC(=O)CN2C(=O)N[C@H](c3ccc(Cl)cc3)C3=C2COC3=O)cc1. The number of hydrogen-bond acceptors (Lipinski definition) is 5. The van der Waals surface area contributed by atoms with Crippen LogP contribution in [0.1, 0.15) is 17.2 Å². The van der Waals surface area contributed by atoms with E-state index >= 15 is 0 Å². The molecule has 0 bridgehead atoms. The average molecular weight is 442 g/mol. The van der Waals surface area contributed by atoms with Gasteiger partial charge in [0.05, 0.1) is 24.4 Å². The van der Waals surface area contributed by atoms with E-state index in [9.17, 15) is 14.4 Å². The summed E-state index contributed by atoms with van der Waals surface area (Å²) in [6.45, 7) is 0.00918. The van der Waals surface area contributed by atoms with E-state index in [0.29, 0.717) is 28.4 Å². The summed E-state index contributed by atoms with van der Waals surface area (Å²) >= 11 is 5.94.